The van der Waals surface area contributed by atoms with Crippen molar-refractivity contribution in [2.75, 3.05) is 30.9 Å². The molecule has 0 saturated carbocycles. The molecule has 1 rings (SSSR count). The summed E-state index contributed by atoms with van der Waals surface area (Å²) < 4.78 is 46.1. The summed E-state index contributed by atoms with van der Waals surface area (Å²) in [6, 6.07) is 0. The fourth-order valence-electron chi connectivity index (χ4n) is 1.35. The van der Waals surface area contributed by atoms with E-state index >= 15 is 0 Å². The van der Waals surface area contributed by atoms with E-state index in [9.17, 15) is 16.8 Å². The Morgan fingerprint density at radius 1 is 1.00 bits per heavy atom. The molecule has 7 heteroatoms. The van der Waals surface area contributed by atoms with Gasteiger partial charge in [0.1, 0.15) is 9.84 Å². The lowest BCUT2D eigenvalue weighted by Gasteiger charge is -2.14. The van der Waals surface area contributed by atoms with Gasteiger partial charge in [-0.05, 0) is 12.8 Å². The molecule has 0 N–H and O–H groups in total. The zero-order chi connectivity index (χ0) is 10.8. The third-order valence-corrected chi connectivity index (χ3v) is 5.25. The molecule has 0 amide bonds. The van der Waals surface area contributed by atoms with Crippen LogP contribution in [0.25, 0.3) is 0 Å². The van der Waals surface area contributed by atoms with Crippen molar-refractivity contribution in [3.8, 4) is 0 Å². The Morgan fingerprint density at radius 2 is 1.50 bits per heavy atom. The highest BCUT2D eigenvalue weighted by atomic mass is 32.2. The highest BCUT2D eigenvalue weighted by Gasteiger charge is 2.25. The maximum absolute atomic E-state index is 11.5. The summed E-state index contributed by atoms with van der Waals surface area (Å²) >= 11 is 0. The van der Waals surface area contributed by atoms with Gasteiger partial charge in [0.05, 0.1) is 11.5 Å². The van der Waals surface area contributed by atoms with Crippen molar-refractivity contribution in [3.05, 3.63) is 0 Å². The second kappa shape index (κ2) is 4.16. The minimum absolute atomic E-state index is 0.286. The van der Waals surface area contributed by atoms with E-state index in [1.54, 1.807) is 0 Å². The van der Waals surface area contributed by atoms with Crippen LogP contribution in [0, 0.1) is 0 Å². The lowest BCUT2D eigenvalue weighted by atomic mass is 10.4. The Kier molecular flexibility index (Phi) is 3.54. The molecule has 0 aliphatic carbocycles. The quantitative estimate of drug-likeness (QED) is 0.662. The first kappa shape index (κ1) is 11.9. The van der Waals surface area contributed by atoms with Crippen molar-refractivity contribution in [2.45, 2.75) is 12.8 Å². The first-order chi connectivity index (χ1) is 6.31. The van der Waals surface area contributed by atoms with E-state index in [4.69, 9.17) is 0 Å². The molecule has 0 bridgehead atoms. The fraction of sp³-hybridized carbons (Fsp3) is 1.00. The molecule has 0 radical (unpaired) electrons. The summed E-state index contributed by atoms with van der Waals surface area (Å²) in [7, 11) is -6.53. The minimum Gasteiger partial charge on any atom is -0.229 e. The molecule has 0 unspecified atom stereocenters. The first-order valence-electron chi connectivity index (χ1n) is 4.47. The van der Waals surface area contributed by atoms with Gasteiger partial charge in [-0.3, -0.25) is 0 Å². The minimum atomic E-state index is -3.34. The number of sulfonamides is 1. The fourth-order valence-corrected chi connectivity index (χ4v) is 4.48. The molecule has 0 atom stereocenters. The van der Waals surface area contributed by atoms with Gasteiger partial charge in [0.25, 0.3) is 0 Å². The van der Waals surface area contributed by atoms with E-state index in [0.29, 0.717) is 13.1 Å². The standard InChI is InChI=1S/C7H15NO4S2/c1-13(9,10)6-7-14(11,12)8-4-2-3-5-8/h2-7H2,1H3. The molecule has 1 saturated heterocycles. The van der Waals surface area contributed by atoms with Gasteiger partial charge in [0.2, 0.25) is 10.0 Å². The lowest BCUT2D eigenvalue weighted by molar-refractivity contribution is 0.478. The summed E-state index contributed by atoms with van der Waals surface area (Å²) in [5, 5.41) is 0. The van der Waals surface area contributed by atoms with Gasteiger partial charge in [-0.25, -0.2) is 21.1 Å². The SMILES string of the molecule is CS(=O)(=O)CCS(=O)(=O)N1CCCC1. The monoisotopic (exact) mass is 241 g/mol. The Balaban J connectivity index is 2.58. The summed E-state index contributed by atoms with van der Waals surface area (Å²) in [6.45, 7) is 1.07. The molecule has 0 aromatic carbocycles. The number of rotatable bonds is 4. The highest BCUT2D eigenvalue weighted by Crippen LogP contribution is 2.13. The predicted molar refractivity (Wildman–Crippen MR) is 54.3 cm³/mol. The molecule has 0 aromatic heterocycles. The van der Waals surface area contributed by atoms with E-state index in [-0.39, 0.29) is 11.5 Å². The van der Waals surface area contributed by atoms with Crippen LogP contribution in [0.2, 0.25) is 0 Å². The topological polar surface area (TPSA) is 71.5 Å². The molecule has 5 nitrogen and oxygen atoms in total. The van der Waals surface area contributed by atoms with E-state index in [1.165, 1.54) is 4.31 Å². The normalized spacial score (nSPS) is 20.1. The average molecular weight is 241 g/mol. The van der Waals surface area contributed by atoms with E-state index in [1.807, 2.05) is 0 Å². The first-order valence-corrected chi connectivity index (χ1v) is 8.14. The third-order valence-electron chi connectivity index (χ3n) is 2.17. The van der Waals surface area contributed by atoms with Gasteiger partial charge in [-0.1, -0.05) is 0 Å². The zero-order valence-electron chi connectivity index (χ0n) is 8.14. The van der Waals surface area contributed by atoms with Crippen LogP contribution in [-0.2, 0) is 19.9 Å². The van der Waals surface area contributed by atoms with Gasteiger partial charge >= 0.3 is 0 Å². The zero-order valence-corrected chi connectivity index (χ0v) is 9.77. The number of hydrogen-bond donors (Lipinski definition) is 0. The Labute approximate surface area is 85.1 Å². The van der Waals surface area contributed by atoms with Crippen LogP contribution in [-0.4, -0.2) is 52.0 Å². The molecule has 1 aliphatic heterocycles. The number of sulfone groups is 1. The largest absolute Gasteiger partial charge is 0.229 e. The molecule has 1 heterocycles. The molecule has 84 valence electrons. The van der Waals surface area contributed by atoms with Gasteiger partial charge in [-0.2, -0.15) is 0 Å². The molecule has 1 aliphatic rings. The molecule has 0 aromatic rings. The number of hydrogen-bond acceptors (Lipinski definition) is 4. The highest BCUT2D eigenvalue weighted by molar-refractivity contribution is 7.93. The van der Waals surface area contributed by atoms with Crippen LogP contribution in [0.5, 0.6) is 0 Å². The van der Waals surface area contributed by atoms with Crippen LogP contribution < -0.4 is 0 Å². The Bertz CT molecular complexity index is 378. The van der Waals surface area contributed by atoms with Crippen LogP contribution in [0.3, 0.4) is 0 Å². The summed E-state index contributed by atoms with van der Waals surface area (Å²) in [6.07, 6.45) is 2.79. The van der Waals surface area contributed by atoms with Gasteiger partial charge < -0.3 is 0 Å². The van der Waals surface area contributed by atoms with Crippen LogP contribution >= 0.6 is 0 Å². The summed E-state index contributed by atoms with van der Waals surface area (Å²) in [5.41, 5.74) is 0. The summed E-state index contributed by atoms with van der Waals surface area (Å²) in [5.74, 6) is -0.572. The van der Waals surface area contributed by atoms with Crippen LogP contribution in [0.15, 0.2) is 0 Å². The molecular weight excluding hydrogens is 226 g/mol. The maximum atomic E-state index is 11.5. The van der Waals surface area contributed by atoms with Crippen molar-refractivity contribution >= 4 is 19.9 Å². The number of nitrogens with zero attached hydrogens (tertiary/aromatic N) is 1. The van der Waals surface area contributed by atoms with Gasteiger partial charge in [0.15, 0.2) is 0 Å². The smallest absolute Gasteiger partial charge is 0.215 e. The van der Waals surface area contributed by atoms with Crippen LogP contribution in [0.1, 0.15) is 12.8 Å². The van der Waals surface area contributed by atoms with E-state index in [0.717, 1.165) is 19.1 Å². The van der Waals surface area contributed by atoms with Crippen molar-refractivity contribution < 1.29 is 16.8 Å². The molecular formula is C7H15NO4S2. The maximum Gasteiger partial charge on any atom is 0.215 e. The second-order valence-electron chi connectivity index (χ2n) is 3.55. The molecule has 1 fully saturated rings. The van der Waals surface area contributed by atoms with Crippen molar-refractivity contribution in [2.24, 2.45) is 0 Å². The lowest BCUT2D eigenvalue weighted by Crippen LogP contribution is -2.32. The molecule has 0 spiro atoms. The van der Waals surface area contributed by atoms with Crippen molar-refractivity contribution in [1.82, 2.24) is 4.31 Å². The van der Waals surface area contributed by atoms with Gasteiger partial charge in [0, 0.05) is 19.3 Å². The Hall–Kier alpha value is -0.140. The van der Waals surface area contributed by atoms with Crippen molar-refractivity contribution in [1.29, 1.82) is 0 Å². The van der Waals surface area contributed by atoms with Crippen LogP contribution in [0.4, 0.5) is 0 Å². The second-order valence-corrected chi connectivity index (χ2v) is 7.90. The third kappa shape index (κ3) is 3.55. The van der Waals surface area contributed by atoms with Crippen molar-refractivity contribution in [3.63, 3.8) is 0 Å². The Morgan fingerprint density at radius 3 is 1.93 bits per heavy atom. The van der Waals surface area contributed by atoms with Gasteiger partial charge in [-0.15, -0.1) is 0 Å². The predicted octanol–water partition coefficient (Wildman–Crippen LogP) is -0.543. The van der Waals surface area contributed by atoms with E-state index < -0.39 is 19.9 Å². The molecule has 14 heavy (non-hydrogen) atoms. The average Bonchev–Trinajstić information content (AvgIpc) is 2.52. The van der Waals surface area contributed by atoms with E-state index in [2.05, 4.69) is 0 Å². The summed E-state index contributed by atoms with van der Waals surface area (Å²) in [4.78, 5) is 0.